The topological polar surface area (TPSA) is 38.0 Å². The summed E-state index contributed by atoms with van der Waals surface area (Å²) in [4.78, 5) is 1.30. The molecule has 0 atom stereocenters. The molecular weight excluding hydrogens is 284 g/mol. The van der Waals surface area contributed by atoms with Crippen LogP contribution >= 0.6 is 27.3 Å². The fourth-order valence-corrected chi connectivity index (χ4v) is 2.88. The lowest BCUT2D eigenvalue weighted by atomic mass is 10.2. The van der Waals surface area contributed by atoms with Gasteiger partial charge in [0.2, 0.25) is 0 Å². The van der Waals surface area contributed by atoms with E-state index in [-0.39, 0.29) is 0 Å². The van der Waals surface area contributed by atoms with E-state index in [4.69, 9.17) is 5.73 Å². The van der Waals surface area contributed by atoms with Crippen LogP contribution in [-0.2, 0) is 6.54 Å². The Morgan fingerprint density at radius 2 is 2.12 bits per heavy atom. The van der Waals surface area contributed by atoms with E-state index in [0.29, 0.717) is 0 Å². The minimum absolute atomic E-state index is 0.792. The van der Waals surface area contributed by atoms with Gasteiger partial charge in [0, 0.05) is 22.8 Å². The second kappa shape index (κ2) is 4.89. The molecular formula is C12H13BrN2S. The van der Waals surface area contributed by atoms with Crippen molar-refractivity contribution >= 4 is 38.6 Å². The molecule has 0 spiro atoms. The predicted molar refractivity (Wildman–Crippen MR) is 74.9 cm³/mol. The Kier molecular flexibility index (Phi) is 3.51. The Hall–Kier alpha value is -1.000. The van der Waals surface area contributed by atoms with Crippen LogP contribution in [-0.4, -0.2) is 0 Å². The molecule has 3 N–H and O–H groups in total. The summed E-state index contributed by atoms with van der Waals surface area (Å²) in [5.41, 5.74) is 8.86. The van der Waals surface area contributed by atoms with Gasteiger partial charge in [-0.05, 0) is 52.7 Å². The zero-order valence-electron chi connectivity index (χ0n) is 8.96. The molecule has 0 aliphatic carbocycles. The molecule has 0 bridgehead atoms. The first-order valence-corrected chi connectivity index (χ1v) is 6.60. The van der Waals surface area contributed by atoms with E-state index in [2.05, 4.69) is 40.3 Å². The lowest BCUT2D eigenvalue weighted by Gasteiger charge is -2.09. The smallest absolute Gasteiger partial charge is 0.0702 e. The summed E-state index contributed by atoms with van der Waals surface area (Å²) >= 11 is 5.20. The molecule has 2 nitrogen and oxygen atoms in total. The maximum absolute atomic E-state index is 5.76. The van der Waals surface area contributed by atoms with Crippen molar-refractivity contribution in [2.45, 2.75) is 13.5 Å². The van der Waals surface area contributed by atoms with Crippen LogP contribution in [0.15, 0.2) is 34.1 Å². The van der Waals surface area contributed by atoms with Crippen molar-refractivity contribution in [3.05, 3.63) is 44.6 Å². The molecule has 0 radical (unpaired) electrons. The van der Waals surface area contributed by atoms with E-state index in [1.807, 2.05) is 18.2 Å². The summed E-state index contributed by atoms with van der Waals surface area (Å²) in [7, 11) is 0. The molecule has 1 aromatic carbocycles. The highest BCUT2D eigenvalue weighted by Crippen LogP contribution is 2.24. The third kappa shape index (κ3) is 2.77. The first kappa shape index (κ1) is 11.5. The minimum atomic E-state index is 0.792. The van der Waals surface area contributed by atoms with Crippen molar-refractivity contribution in [1.82, 2.24) is 0 Å². The average molecular weight is 297 g/mol. The number of rotatable bonds is 3. The third-order valence-electron chi connectivity index (χ3n) is 2.34. The third-order valence-corrected chi connectivity index (χ3v) is 3.97. The highest BCUT2D eigenvalue weighted by molar-refractivity contribution is 9.11. The Morgan fingerprint density at radius 1 is 1.31 bits per heavy atom. The number of thiophene rings is 1. The standard InChI is InChI=1S/C12H13BrN2S/c1-8-2-3-9(14)6-11(8)15-7-10-4-5-12(13)16-10/h2-6,15H,7,14H2,1H3. The average Bonchev–Trinajstić information content (AvgIpc) is 2.66. The zero-order chi connectivity index (χ0) is 11.5. The molecule has 84 valence electrons. The van der Waals surface area contributed by atoms with E-state index >= 15 is 0 Å². The first-order valence-electron chi connectivity index (χ1n) is 4.99. The largest absolute Gasteiger partial charge is 0.399 e. The molecule has 1 aromatic heterocycles. The van der Waals surface area contributed by atoms with Gasteiger partial charge in [0.05, 0.1) is 3.79 Å². The Balaban J connectivity index is 2.07. The molecule has 0 fully saturated rings. The van der Waals surface area contributed by atoms with E-state index < -0.39 is 0 Å². The molecule has 2 aromatic rings. The van der Waals surface area contributed by atoms with Gasteiger partial charge in [-0.2, -0.15) is 0 Å². The Labute approximate surface area is 108 Å². The van der Waals surface area contributed by atoms with E-state index in [1.165, 1.54) is 10.4 Å². The molecule has 0 unspecified atom stereocenters. The van der Waals surface area contributed by atoms with Crippen molar-refractivity contribution in [2.75, 3.05) is 11.1 Å². The number of nitrogens with two attached hydrogens (primary N) is 1. The lowest BCUT2D eigenvalue weighted by molar-refractivity contribution is 1.18. The second-order valence-corrected chi connectivity index (χ2v) is 6.18. The quantitative estimate of drug-likeness (QED) is 0.840. The summed E-state index contributed by atoms with van der Waals surface area (Å²) in [5.74, 6) is 0. The Morgan fingerprint density at radius 3 is 2.81 bits per heavy atom. The fourth-order valence-electron chi connectivity index (χ4n) is 1.46. The molecule has 0 saturated carbocycles. The lowest BCUT2D eigenvalue weighted by Crippen LogP contribution is -2.00. The fraction of sp³-hybridized carbons (Fsp3) is 0.167. The predicted octanol–water partition coefficient (Wildman–Crippen LogP) is 4.01. The summed E-state index contributed by atoms with van der Waals surface area (Å²) in [5, 5.41) is 3.39. The van der Waals surface area contributed by atoms with Crippen LogP contribution in [0.3, 0.4) is 0 Å². The number of anilines is 2. The van der Waals surface area contributed by atoms with Crippen LogP contribution in [0.1, 0.15) is 10.4 Å². The molecule has 0 amide bonds. The molecule has 0 aliphatic rings. The number of hydrogen-bond acceptors (Lipinski definition) is 3. The van der Waals surface area contributed by atoms with Gasteiger partial charge in [-0.1, -0.05) is 6.07 Å². The molecule has 0 aliphatic heterocycles. The molecule has 1 heterocycles. The van der Waals surface area contributed by atoms with Crippen LogP contribution in [0.25, 0.3) is 0 Å². The zero-order valence-corrected chi connectivity index (χ0v) is 11.4. The summed E-state index contributed by atoms with van der Waals surface area (Å²) in [6, 6.07) is 10.1. The number of aryl methyl sites for hydroxylation is 1. The summed E-state index contributed by atoms with van der Waals surface area (Å²) < 4.78 is 1.16. The van der Waals surface area contributed by atoms with Crippen LogP contribution < -0.4 is 11.1 Å². The molecule has 0 saturated heterocycles. The van der Waals surface area contributed by atoms with Gasteiger partial charge in [0.1, 0.15) is 0 Å². The van der Waals surface area contributed by atoms with Gasteiger partial charge in [0.25, 0.3) is 0 Å². The van der Waals surface area contributed by atoms with Gasteiger partial charge in [-0.25, -0.2) is 0 Å². The number of nitrogen functional groups attached to an aromatic ring is 1. The highest BCUT2D eigenvalue weighted by atomic mass is 79.9. The SMILES string of the molecule is Cc1ccc(N)cc1NCc1ccc(Br)s1. The van der Waals surface area contributed by atoms with Crippen molar-refractivity contribution < 1.29 is 0 Å². The number of halogens is 1. The van der Waals surface area contributed by atoms with Crippen LogP contribution in [0.4, 0.5) is 11.4 Å². The van der Waals surface area contributed by atoms with Crippen LogP contribution in [0, 0.1) is 6.92 Å². The van der Waals surface area contributed by atoms with Gasteiger partial charge >= 0.3 is 0 Å². The normalized spacial score (nSPS) is 10.4. The Bertz CT molecular complexity index is 494. The second-order valence-electron chi connectivity index (χ2n) is 3.63. The molecule has 2 rings (SSSR count). The minimum Gasteiger partial charge on any atom is -0.399 e. The maximum Gasteiger partial charge on any atom is 0.0702 e. The van der Waals surface area contributed by atoms with Gasteiger partial charge < -0.3 is 11.1 Å². The van der Waals surface area contributed by atoms with Gasteiger partial charge in [-0.15, -0.1) is 11.3 Å². The van der Waals surface area contributed by atoms with E-state index in [0.717, 1.165) is 21.7 Å². The summed E-state index contributed by atoms with van der Waals surface area (Å²) in [6.45, 7) is 2.91. The summed E-state index contributed by atoms with van der Waals surface area (Å²) in [6.07, 6.45) is 0. The maximum atomic E-state index is 5.76. The van der Waals surface area contributed by atoms with Crippen LogP contribution in [0.2, 0.25) is 0 Å². The van der Waals surface area contributed by atoms with Crippen molar-refractivity contribution in [3.8, 4) is 0 Å². The van der Waals surface area contributed by atoms with E-state index in [1.54, 1.807) is 11.3 Å². The van der Waals surface area contributed by atoms with Crippen molar-refractivity contribution in [1.29, 1.82) is 0 Å². The van der Waals surface area contributed by atoms with Crippen molar-refractivity contribution in [3.63, 3.8) is 0 Å². The van der Waals surface area contributed by atoms with E-state index in [9.17, 15) is 0 Å². The number of nitrogens with one attached hydrogen (secondary N) is 1. The molecule has 4 heteroatoms. The van der Waals surface area contributed by atoms with Crippen LogP contribution in [0.5, 0.6) is 0 Å². The van der Waals surface area contributed by atoms with Crippen molar-refractivity contribution in [2.24, 2.45) is 0 Å². The van der Waals surface area contributed by atoms with Gasteiger partial charge in [-0.3, -0.25) is 0 Å². The first-order chi connectivity index (χ1) is 7.65. The molecule has 16 heavy (non-hydrogen) atoms. The number of benzene rings is 1. The number of hydrogen-bond donors (Lipinski definition) is 2. The monoisotopic (exact) mass is 296 g/mol. The highest BCUT2D eigenvalue weighted by Gasteiger charge is 2.00. The van der Waals surface area contributed by atoms with Gasteiger partial charge in [0.15, 0.2) is 0 Å².